The van der Waals surface area contributed by atoms with Crippen LogP contribution < -0.4 is 5.73 Å². The van der Waals surface area contributed by atoms with Crippen molar-refractivity contribution in [2.75, 3.05) is 38.2 Å². The van der Waals surface area contributed by atoms with Crippen LogP contribution in [0.1, 0.15) is 13.3 Å². The van der Waals surface area contributed by atoms with E-state index in [1.807, 2.05) is 0 Å². The Bertz CT molecular complexity index is 305. The zero-order valence-corrected chi connectivity index (χ0v) is 10.9. The van der Waals surface area contributed by atoms with E-state index in [1.54, 1.807) is 0 Å². The quantitative estimate of drug-likeness (QED) is 0.710. The summed E-state index contributed by atoms with van der Waals surface area (Å²) in [4.78, 5) is 2.27. The molecule has 1 saturated heterocycles. The van der Waals surface area contributed by atoms with E-state index in [1.165, 1.54) is 6.26 Å². The maximum Gasteiger partial charge on any atom is 0.147 e. The van der Waals surface area contributed by atoms with Crippen LogP contribution in [0.3, 0.4) is 0 Å². The molecule has 0 saturated carbocycles. The van der Waals surface area contributed by atoms with Crippen LogP contribution in [-0.4, -0.2) is 63.7 Å². The molecule has 0 aromatic rings. The highest BCUT2D eigenvalue weighted by atomic mass is 32.2. The standard InChI is InChI=1S/C10H22N2O3S/c1-3-12-5-6-15-10(8-12)9(11)4-7-16(2,13)14/h9-10H,3-8,11H2,1-2H3. The maximum absolute atomic E-state index is 11.0. The molecule has 2 atom stereocenters. The Hall–Kier alpha value is -0.170. The van der Waals surface area contributed by atoms with E-state index < -0.39 is 9.84 Å². The van der Waals surface area contributed by atoms with E-state index in [0.717, 1.165) is 19.6 Å². The predicted octanol–water partition coefficient (Wildman–Crippen LogP) is -0.531. The summed E-state index contributed by atoms with van der Waals surface area (Å²) in [7, 11) is -2.93. The molecule has 0 bridgehead atoms. The highest BCUT2D eigenvalue weighted by Crippen LogP contribution is 2.10. The van der Waals surface area contributed by atoms with Gasteiger partial charge in [0.05, 0.1) is 18.5 Å². The fourth-order valence-corrected chi connectivity index (χ4v) is 2.51. The molecule has 2 N–H and O–H groups in total. The summed E-state index contributed by atoms with van der Waals surface area (Å²) < 4.78 is 27.6. The van der Waals surface area contributed by atoms with Gasteiger partial charge in [-0.3, -0.25) is 4.90 Å². The summed E-state index contributed by atoms with van der Waals surface area (Å²) in [6.07, 6.45) is 1.68. The highest BCUT2D eigenvalue weighted by Gasteiger charge is 2.25. The number of likely N-dealkylation sites (N-methyl/N-ethyl adjacent to an activating group) is 1. The number of morpholine rings is 1. The minimum atomic E-state index is -2.93. The maximum atomic E-state index is 11.0. The van der Waals surface area contributed by atoms with Crippen molar-refractivity contribution in [3.63, 3.8) is 0 Å². The van der Waals surface area contributed by atoms with Gasteiger partial charge in [-0.25, -0.2) is 8.42 Å². The molecule has 0 radical (unpaired) electrons. The highest BCUT2D eigenvalue weighted by molar-refractivity contribution is 7.90. The van der Waals surface area contributed by atoms with Gasteiger partial charge in [0, 0.05) is 25.4 Å². The molecule has 96 valence electrons. The molecule has 16 heavy (non-hydrogen) atoms. The summed E-state index contributed by atoms with van der Waals surface area (Å²) in [5.41, 5.74) is 5.96. The second-order valence-electron chi connectivity index (χ2n) is 4.38. The molecule has 1 rings (SSSR count). The monoisotopic (exact) mass is 250 g/mol. The molecule has 2 unspecified atom stereocenters. The lowest BCUT2D eigenvalue weighted by atomic mass is 10.1. The van der Waals surface area contributed by atoms with Crippen molar-refractivity contribution in [2.45, 2.75) is 25.5 Å². The lowest BCUT2D eigenvalue weighted by Crippen LogP contribution is -2.50. The lowest BCUT2D eigenvalue weighted by molar-refractivity contribution is -0.0389. The van der Waals surface area contributed by atoms with Gasteiger partial charge >= 0.3 is 0 Å². The van der Waals surface area contributed by atoms with E-state index in [4.69, 9.17) is 10.5 Å². The van der Waals surface area contributed by atoms with Gasteiger partial charge in [0.15, 0.2) is 0 Å². The fourth-order valence-electron chi connectivity index (χ4n) is 1.81. The Morgan fingerprint density at radius 1 is 1.56 bits per heavy atom. The van der Waals surface area contributed by atoms with Gasteiger partial charge < -0.3 is 10.5 Å². The first-order valence-electron chi connectivity index (χ1n) is 5.69. The smallest absolute Gasteiger partial charge is 0.147 e. The predicted molar refractivity (Wildman–Crippen MR) is 64.2 cm³/mol. The van der Waals surface area contributed by atoms with Gasteiger partial charge in [-0.2, -0.15) is 0 Å². The second-order valence-corrected chi connectivity index (χ2v) is 6.64. The van der Waals surface area contributed by atoms with Gasteiger partial charge in [-0.15, -0.1) is 0 Å². The average Bonchev–Trinajstić information content (AvgIpc) is 2.25. The summed E-state index contributed by atoms with van der Waals surface area (Å²) in [6, 6.07) is -0.191. The van der Waals surface area contributed by atoms with Gasteiger partial charge in [0.2, 0.25) is 0 Å². The number of hydrogen-bond donors (Lipinski definition) is 1. The van der Waals surface area contributed by atoms with Crippen molar-refractivity contribution in [1.29, 1.82) is 0 Å². The SMILES string of the molecule is CCN1CCOC(C(N)CCS(C)(=O)=O)C1. The van der Waals surface area contributed by atoms with E-state index >= 15 is 0 Å². The van der Waals surface area contributed by atoms with Gasteiger partial charge in [-0.1, -0.05) is 6.92 Å². The molecule has 0 aromatic heterocycles. The Morgan fingerprint density at radius 2 is 2.25 bits per heavy atom. The minimum Gasteiger partial charge on any atom is -0.374 e. The Labute approximate surface area is 97.9 Å². The van der Waals surface area contributed by atoms with Crippen molar-refractivity contribution in [2.24, 2.45) is 5.73 Å². The van der Waals surface area contributed by atoms with Gasteiger partial charge in [-0.05, 0) is 13.0 Å². The van der Waals surface area contributed by atoms with Crippen LogP contribution in [0.2, 0.25) is 0 Å². The molecule has 0 spiro atoms. The minimum absolute atomic E-state index is 0.0320. The molecule has 1 aliphatic rings. The van der Waals surface area contributed by atoms with Crippen molar-refractivity contribution in [3.05, 3.63) is 0 Å². The molecular weight excluding hydrogens is 228 g/mol. The lowest BCUT2D eigenvalue weighted by Gasteiger charge is -2.35. The average molecular weight is 250 g/mol. The van der Waals surface area contributed by atoms with E-state index in [9.17, 15) is 8.42 Å². The summed E-state index contributed by atoms with van der Waals surface area (Å²) in [5.74, 6) is 0.139. The van der Waals surface area contributed by atoms with Crippen molar-refractivity contribution in [3.8, 4) is 0 Å². The third kappa shape index (κ3) is 4.78. The third-order valence-electron chi connectivity index (χ3n) is 2.92. The molecular formula is C10H22N2O3S. The molecule has 1 aliphatic heterocycles. The van der Waals surface area contributed by atoms with Crippen LogP contribution in [0, 0.1) is 0 Å². The van der Waals surface area contributed by atoms with Crippen LogP contribution in [0.4, 0.5) is 0 Å². The van der Waals surface area contributed by atoms with E-state index in [-0.39, 0.29) is 17.9 Å². The number of nitrogens with two attached hydrogens (primary N) is 1. The Kier molecular flexibility index (Phi) is 5.17. The van der Waals surface area contributed by atoms with Crippen LogP contribution in [0.25, 0.3) is 0 Å². The molecule has 0 amide bonds. The van der Waals surface area contributed by atoms with E-state index in [2.05, 4.69) is 11.8 Å². The number of nitrogens with zero attached hydrogens (tertiary/aromatic N) is 1. The zero-order chi connectivity index (χ0) is 12.2. The number of sulfone groups is 1. The number of hydrogen-bond acceptors (Lipinski definition) is 5. The fraction of sp³-hybridized carbons (Fsp3) is 1.00. The summed E-state index contributed by atoms with van der Waals surface area (Å²) in [6.45, 7) is 5.52. The van der Waals surface area contributed by atoms with Crippen LogP contribution >= 0.6 is 0 Å². The molecule has 1 heterocycles. The van der Waals surface area contributed by atoms with Crippen LogP contribution in [-0.2, 0) is 14.6 Å². The van der Waals surface area contributed by atoms with E-state index in [0.29, 0.717) is 13.0 Å². The number of ether oxygens (including phenoxy) is 1. The first-order valence-corrected chi connectivity index (χ1v) is 7.75. The normalized spacial score (nSPS) is 25.6. The first-order chi connectivity index (χ1) is 7.42. The largest absolute Gasteiger partial charge is 0.374 e. The van der Waals surface area contributed by atoms with Crippen LogP contribution in [0.5, 0.6) is 0 Å². The van der Waals surface area contributed by atoms with Crippen molar-refractivity contribution in [1.82, 2.24) is 4.90 Å². The topological polar surface area (TPSA) is 72.6 Å². The summed E-state index contributed by atoms with van der Waals surface area (Å²) in [5, 5.41) is 0. The molecule has 0 aromatic carbocycles. The Balaban J connectivity index is 2.38. The van der Waals surface area contributed by atoms with Gasteiger partial charge in [0.1, 0.15) is 9.84 Å². The van der Waals surface area contributed by atoms with Crippen molar-refractivity contribution >= 4 is 9.84 Å². The Morgan fingerprint density at radius 3 is 2.81 bits per heavy atom. The second kappa shape index (κ2) is 5.95. The first kappa shape index (κ1) is 13.9. The van der Waals surface area contributed by atoms with Crippen LogP contribution in [0.15, 0.2) is 0 Å². The molecule has 1 fully saturated rings. The molecule has 5 nitrogen and oxygen atoms in total. The third-order valence-corrected chi connectivity index (χ3v) is 3.90. The zero-order valence-electron chi connectivity index (χ0n) is 10.1. The van der Waals surface area contributed by atoms with Crippen molar-refractivity contribution < 1.29 is 13.2 Å². The molecule has 6 heteroatoms. The van der Waals surface area contributed by atoms with Gasteiger partial charge in [0.25, 0.3) is 0 Å². The molecule has 0 aliphatic carbocycles. The summed E-state index contributed by atoms with van der Waals surface area (Å²) >= 11 is 0. The number of rotatable bonds is 5.